The van der Waals surface area contributed by atoms with Gasteiger partial charge < -0.3 is 10.2 Å². The van der Waals surface area contributed by atoms with E-state index in [0.717, 1.165) is 16.8 Å². The van der Waals surface area contributed by atoms with Gasteiger partial charge in [0.05, 0.1) is 11.1 Å². The molecule has 3 aromatic rings. The summed E-state index contributed by atoms with van der Waals surface area (Å²) in [7, 11) is 0. The van der Waals surface area contributed by atoms with Crippen LogP contribution in [0.5, 0.6) is 11.5 Å². The van der Waals surface area contributed by atoms with E-state index in [9.17, 15) is 15.0 Å². The number of para-hydroxylation sites is 1. The van der Waals surface area contributed by atoms with E-state index in [0.29, 0.717) is 18.0 Å². The first kappa shape index (κ1) is 16.6. The molecule has 1 aliphatic carbocycles. The molecular formula is C20H18N2O3S. The molecular weight excluding hydrogens is 348 g/mol. The maximum atomic E-state index is 13.6. The van der Waals surface area contributed by atoms with Crippen molar-refractivity contribution in [2.75, 3.05) is 4.90 Å². The summed E-state index contributed by atoms with van der Waals surface area (Å²) in [4.78, 5) is 19.6. The highest BCUT2D eigenvalue weighted by atomic mass is 32.1. The van der Waals surface area contributed by atoms with Crippen LogP contribution in [-0.4, -0.2) is 21.1 Å². The van der Waals surface area contributed by atoms with Gasteiger partial charge in [-0.3, -0.25) is 9.69 Å². The standard InChI is InChI=1S/C20H18N2O3S/c1-20(11-13-9-16(23)17(24)10-14(13)12-20)18(25)22(19-21-7-8-26-19)15-5-3-2-4-6-15/h2-10,23-24H,11-12H2,1H3. The van der Waals surface area contributed by atoms with Gasteiger partial charge in [0, 0.05) is 11.6 Å². The summed E-state index contributed by atoms with van der Waals surface area (Å²) in [6.45, 7) is 1.92. The third kappa shape index (κ3) is 2.72. The molecule has 0 aliphatic heterocycles. The van der Waals surface area contributed by atoms with Crippen molar-refractivity contribution in [2.24, 2.45) is 5.41 Å². The fourth-order valence-electron chi connectivity index (χ4n) is 3.53. The number of carbonyl (C=O) groups is 1. The van der Waals surface area contributed by atoms with Gasteiger partial charge in [-0.1, -0.05) is 25.1 Å². The van der Waals surface area contributed by atoms with Crippen molar-refractivity contribution in [1.29, 1.82) is 0 Å². The fourth-order valence-corrected chi connectivity index (χ4v) is 4.19. The Bertz CT molecular complexity index is 924. The van der Waals surface area contributed by atoms with E-state index in [1.165, 1.54) is 11.3 Å². The molecule has 2 N–H and O–H groups in total. The van der Waals surface area contributed by atoms with Crippen LogP contribution < -0.4 is 4.90 Å². The minimum Gasteiger partial charge on any atom is -0.504 e. The van der Waals surface area contributed by atoms with Crippen molar-refractivity contribution >= 4 is 28.1 Å². The number of thiazole rings is 1. The first-order valence-corrected chi connectivity index (χ1v) is 9.19. The second-order valence-electron chi connectivity index (χ2n) is 6.81. The first-order valence-electron chi connectivity index (χ1n) is 8.31. The van der Waals surface area contributed by atoms with E-state index in [2.05, 4.69) is 4.98 Å². The normalized spacial score (nSPS) is 14.8. The Morgan fingerprint density at radius 1 is 1.12 bits per heavy atom. The van der Waals surface area contributed by atoms with E-state index >= 15 is 0 Å². The first-order chi connectivity index (χ1) is 12.5. The molecule has 0 unspecified atom stereocenters. The number of aromatic hydroxyl groups is 2. The highest BCUT2D eigenvalue weighted by Gasteiger charge is 2.43. The van der Waals surface area contributed by atoms with Crippen molar-refractivity contribution in [3.8, 4) is 11.5 Å². The number of nitrogens with zero attached hydrogens (tertiary/aromatic N) is 2. The van der Waals surface area contributed by atoms with Crippen LogP contribution in [0.1, 0.15) is 18.1 Å². The smallest absolute Gasteiger partial charge is 0.239 e. The van der Waals surface area contributed by atoms with Gasteiger partial charge in [0.15, 0.2) is 16.6 Å². The summed E-state index contributed by atoms with van der Waals surface area (Å²) in [5, 5.41) is 22.0. The summed E-state index contributed by atoms with van der Waals surface area (Å²) >= 11 is 1.41. The SMILES string of the molecule is CC1(C(=O)N(c2ccccc2)c2nccs2)Cc2cc(O)c(O)cc2C1. The summed E-state index contributed by atoms with van der Waals surface area (Å²) in [6.07, 6.45) is 2.69. The molecule has 1 aromatic heterocycles. The molecule has 4 rings (SSSR count). The molecule has 0 saturated carbocycles. The number of hydrogen-bond donors (Lipinski definition) is 2. The number of hydrogen-bond acceptors (Lipinski definition) is 5. The minimum absolute atomic E-state index is 0.0474. The average Bonchev–Trinajstić information content (AvgIpc) is 3.25. The van der Waals surface area contributed by atoms with Gasteiger partial charge in [0.2, 0.25) is 5.91 Å². The van der Waals surface area contributed by atoms with Gasteiger partial charge in [0.1, 0.15) is 0 Å². The summed E-state index contributed by atoms with van der Waals surface area (Å²) < 4.78 is 0. The Balaban J connectivity index is 1.73. The number of amides is 1. The van der Waals surface area contributed by atoms with Gasteiger partial charge in [-0.05, 0) is 48.2 Å². The zero-order valence-corrected chi connectivity index (χ0v) is 15.0. The third-order valence-corrected chi connectivity index (χ3v) is 5.56. The maximum Gasteiger partial charge on any atom is 0.239 e. The second kappa shape index (κ2) is 6.14. The monoisotopic (exact) mass is 366 g/mol. The molecule has 1 amide bonds. The molecule has 0 bridgehead atoms. The lowest BCUT2D eigenvalue weighted by molar-refractivity contribution is -0.126. The van der Waals surface area contributed by atoms with E-state index < -0.39 is 5.41 Å². The fraction of sp³-hybridized carbons (Fsp3) is 0.200. The minimum atomic E-state index is -0.677. The van der Waals surface area contributed by atoms with E-state index in [4.69, 9.17) is 0 Å². The number of benzene rings is 2. The zero-order chi connectivity index (χ0) is 18.3. The molecule has 6 heteroatoms. The van der Waals surface area contributed by atoms with Gasteiger partial charge in [-0.15, -0.1) is 11.3 Å². The molecule has 0 fully saturated rings. The van der Waals surface area contributed by atoms with Gasteiger partial charge in [-0.25, -0.2) is 4.98 Å². The maximum absolute atomic E-state index is 13.6. The van der Waals surface area contributed by atoms with Gasteiger partial charge in [0.25, 0.3) is 0 Å². The van der Waals surface area contributed by atoms with E-state index in [1.807, 2.05) is 42.6 Å². The molecule has 132 valence electrons. The Morgan fingerprint density at radius 2 is 1.73 bits per heavy atom. The van der Waals surface area contributed by atoms with E-state index in [-0.39, 0.29) is 17.4 Å². The number of carbonyl (C=O) groups excluding carboxylic acids is 1. The number of phenols is 2. The van der Waals surface area contributed by atoms with Crippen LogP contribution in [0.4, 0.5) is 10.8 Å². The molecule has 0 saturated heterocycles. The average molecular weight is 366 g/mol. The Kier molecular flexibility index (Phi) is 3.92. The summed E-state index contributed by atoms with van der Waals surface area (Å²) in [6, 6.07) is 12.6. The van der Waals surface area contributed by atoms with Crippen LogP contribution in [0.2, 0.25) is 0 Å². The predicted molar refractivity (Wildman–Crippen MR) is 101 cm³/mol. The molecule has 1 heterocycles. The molecule has 0 atom stereocenters. The Morgan fingerprint density at radius 3 is 2.27 bits per heavy atom. The second-order valence-corrected chi connectivity index (χ2v) is 7.69. The molecule has 0 radical (unpaired) electrons. The van der Waals surface area contributed by atoms with Crippen LogP contribution in [0.25, 0.3) is 0 Å². The molecule has 26 heavy (non-hydrogen) atoms. The summed E-state index contributed by atoms with van der Waals surface area (Å²) in [5.41, 5.74) is 1.88. The van der Waals surface area contributed by atoms with Crippen molar-refractivity contribution in [2.45, 2.75) is 19.8 Å². The highest BCUT2D eigenvalue weighted by Crippen LogP contribution is 2.44. The number of anilines is 2. The lowest BCUT2D eigenvalue weighted by Gasteiger charge is -2.30. The van der Waals surface area contributed by atoms with Gasteiger partial charge >= 0.3 is 0 Å². The molecule has 2 aromatic carbocycles. The lowest BCUT2D eigenvalue weighted by atomic mass is 9.85. The van der Waals surface area contributed by atoms with Gasteiger partial charge in [-0.2, -0.15) is 0 Å². The van der Waals surface area contributed by atoms with Crippen molar-refractivity contribution in [3.63, 3.8) is 0 Å². The van der Waals surface area contributed by atoms with Crippen molar-refractivity contribution < 1.29 is 15.0 Å². The quantitative estimate of drug-likeness (QED) is 0.687. The van der Waals surface area contributed by atoms with Crippen LogP contribution in [-0.2, 0) is 17.6 Å². The molecule has 1 aliphatic rings. The van der Waals surface area contributed by atoms with Crippen LogP contribution in [0.15, 0.2) is 54.0 Å². The number of rotatable bonds is 3. The van der Waals surface area contributed by atoms with Crippen molar-refractivity contribution in [3.05, 3.63) is 65.2 Å². The van der Waals surface area contributed by atoms with Crippen LogP contribution in [0.3, 0.4) is 0 Å². The molecule has 0 spiro atoms. The highest BCUT2D eigenvalue weighted by molar-refractivity contribution is 7.13. The number of aromatic nitrogens is 1. The van der Waals surface area contributed by atoms with Crippen LogP contribution >= 0.6 is 11.3 Å². The van der Waals surface area contributed by atoms with Crippen molar-refractivity contribution in [1.82, 2.24) is 4.98 Å². The molecule has 5 nitrogen and oxygen atoms in total. The number of fused-ring (bicyclic) bond motifs is 1. The van der Waals surface area contributed by atoms with Crippen LogP contribution in [0, 0.1) is 5.41 Å². The largest absolute Gasteiger partial charge is 0.504 e. The zero-order valence-electron chi connectivity index (χ0n) is 14.2. The Hall–Kier alpha value is -2.86. The lowest BCUT2D eigenvalue weighted by Crippen LogP contribution is -2.40. The van der Waals surface area contributed by atoms with E-state index in [1.54, 1.807) is 23.2 Å². The topological polar surface area (TPSA) is 73.7 Å². The Labute approximate surface area is 155 Å². The third-order valence-electron chi connectivity index (χ3n) is 4.80. The predicted octanol–water partition coefficient (Wildman–Crippen LogP) is 4.02. The summed E-state index contributed by atoms with van der Waals surface area (Å²) in [5.74, 6) is -0.352. The number of phenolic OH excluding ortho intramolecular Hbond substituents is 2.